The molecule has 1 unspecified atom stereocenters. The molecule has 0 aliphatic heterocycles. The minimum Gasteiger partial charge on any atom is -0.539 e. The van der Waals surface area contributed by atoms with Crippen molar-refractivity contribution in [2.45, 2.75) is 17.2 Å². The van der Waals surface area contributed by atoms with Gasteiger partial charge in [-0.2, -0.15) is 10.5 Å². The second-order valence-electron chi connectivity index (χ2n) is 6.46. The fourth-order valence-corrected chi connectivity index (χ4v) is 3.78. The standard InChI is InChI=1S/C20H17N7O4S/c1-10(18(28)24-11-5-4-6-12(7-11)30-3)32-19-14(9-22)15(13(8-21)17(23)25-19)16-20(29)31-26-27(16)2/h4-7,10H,1-3H3,(H3-,23,24,25,26,28,29). The van der Waals surface area contributed by atoms with Gasteiger partial charge in [0.25, 0.3) is 5.69 Å². The number of nitrogens with two attached hydrogens (primary N) is 1. The van der Waals surface area contributed by atoms with E-state index < -0.39 is 11.2 Å². The number of rotatable bonds is 6. The Morgan fingerprint density at radius 1 is 1.38 bits per heavy atom. The van der Waals surface area contributed by atoms with Crippen LogP contribution in [0.3, 0.4) is 0 Å². The number of aryl methyl sites for hydroxylation is 1. The molecule has 3 rings (SSSR count). The molecule has 0 fully saturated rings. The zero-order chi connectivity index (χ0) is 23.4. The summed E-state index contributed by atoms with van der Waals surface area (Å²) in [7, 11) is 2.94. The number of methoxy groups -OCH3 is 1. The third-order valence-electron chi connectivity index (χ3n) is 4.41. The number of carbonyl (C=O) groups excluding carboxylic acids is 1. The molecule has 3 aromatic rings. The number of nitrogen functional groups attached to an aromatic ring is 1. The van der Waals surface area contributed by atoms with Crippen LogP contribution in [-0.2, 0) is 11.8 Å². The normalized spacial score (nSPS) is 11.3. The third-order valence-corrected chi connectivity index (χ3v) is 5.50. The van der Waals surface area contributed by atoms with Crippen LogP contribution in [0.4, 0.5) is 11.5 Å². The molecular weight excluding hydrogens is 434 g/mol. The van der Waals surface area contributed by atoms with E-state index in [4.69, 9.17) is 10.5 Å². The summed E-state index contributed by atoms with van der Waals surface area (Å²) in [5.41, 5.74) is 6.06. The van der Waals surface area contributed by atoms with Crippen LogP contribution in [0.15, 0.2) is 33.8 Å². The van der Waals surface area contributed by atoms with Crippen LogP contribution in [0.2, 0.25) is 0 Å². The number of nitrogens with zero attached hydrogens (tertiary/aromatic N) is 5. The first-order valence-corrected chi connectivity index (χ1v) is 9.97. The van der Waals surface area contributed by atoms with E-state index in [0.717, 1.165) is 16.4 Å². The van der Waals surface area contributed by atoms with Crippen molar-refractivity contribution in [1.82, 2.24) is 10.3 Å². The van der Waals surface area contributed by atoms with Gasteiger partial charge in [0.05, 0.1) is 28.8 Å². The molecule has 2 aromatic heterocycles. The summed E-state index contributed by atoms with van der Waals surface area (Å²) < 4.78 is 10.9. The average molecular weight is 451 g/mol. The summed E-state index contributed by atoms with van der Waals surface area (Å²) in [6, 6.07) is 10.7. The van der Waals surface area contributed by atoms with Gasteiger partial charge in [-0.15, -0.1) is 0 Å². The molecule has 11 nitrogen and oxygen atoms in total. The number of carbonyl (C=O) groups is 1. The molecule has 0 radical (unpaired) electrons. The second-order valence-corrected chi connectivity index (χ2v) is 7.79. The zero-order valence-corrected chi connectivity index (χ0v) is 18.1. The van der Waals surface area contributed by atoms with Crippen molar-refractivity contribution in [3.63, 3.8) is 0 Å². The number of thioether (sulfide) groups is 1. The fourth-order valence-electron chi connectivity index (χ4n) is 2.86. The molecule has 162 valence electrons. The van der Waals surface area contributed by atoms with E-state index in [0.29, 0.717) is 11.4 Å². The SMILES string of the molecule is COc1cccc(NC(=O)C(C)Sc2nc(N)c(C#N)c(-c3c([O-])on[n+]3C)c2C#N)c1. The van der Waals surface area contributed by atoms with Crippen LogP contribution >= 0.6 is 11.8 Å². The van der Waals surface area contributed by atoms with Crippen molar-refractivity contribution in [2.75, 3.05) is 18.2 Å². The molecule has 1 amide bonds. The summed E-state index contributed by atoms with van der Waals surface area (Å²) >= 11 is 0.960. The maximum Gasteiger partial charge on any atom is 0.266 e. The predicted molar refractivity (Wildman–Crippen MR) is 111 cm³/mol. The number of anilines is 2. The molecular formula is C20H17N7O4S. The van der Waals surface area contributed by atoms with Gasteiger partial charge in [0, 0.05) is 11.8 Å². The lowest BCUT2D eigenvalue weighted by Crippen LogP contribution is -2.32. The van der Waals surface area contributed by atoms with Gasteiger partial charge in [-0.25, -0.2) is 4.98 Å². The Morgan fingerprint density at radius 2 is 2.09 bits per heavy atom. The summed E-state index contributed by atoms with van der Waals surface area (Å²) in [5.74, 6) is -0.814. The molecule has 32 heavy (non-hydrogen) atoms. The van der Waals surface area contributed by atoms with Gasteiger partial charge in [0.1, 0.15) is 34.3 Å². The van der Waals surface area contributed by atoms with Crippen molar-refractivity contribution >= 4 is 29.2 Å². The molecule has 0 aliphatic rings. The minimum absolute atomic E-state index is 0.0425. The third kappa shape index (κ3) is 4.26. The highest BCUT2D eigenvalue weighted by Gasteiger charge is 2.30. The number of ether oxygens (including phenoxy) is 1. The molecule has 12 heteroatoms. The largest absolute Gasteiger partial charge is 0.539 e. The lowest BCUT2D eigenvalue weighted by atomic mass is 10.0. The van der Waals surface area contributed by atoms with Crippen molar-refractivity contribution in [1.29, 1.82) is 10.5 Å². The van der Waals surface area contributed by atoms with E-state index in [9.17, 15) is 20.4 Å². The number of amides is 1. The summed E-state index contributed by atoms with van der Waals surface area (Å²) in [6.45, 7) is 1.62. The summed E-state index contributed by atoms with van der Waals surface area (Å²) in [5, 5.41) is 37.2. The van der Waals surface area contributed by atoms with Crippen LogP contribution in [0.5, 0.6) is 11.7 Å². The quantitative estimate of drug-likeness (QED) is 0.407. The first-order chi connectivity index (χ1) is 15.3. The van der Waals surface area contributed by atoms with Gasteiger partial charge in [0.2, 0.25) is 5.91 Å². The number of aromatic nitrogens is 3. The molecule has 0 saturated carbocycles. The number of pyridine rings is 1. The Morgan fingerprint density at radius 3 is 2.69 bits per heavy atom. The number of nitrogens with one attached hydrogen (secondary N) is 1. The van der Waals surface area contributed by atoms with Crippen molar-refractivity contribution in [3.05, 3.63) is 35.4 Å². The van der Waals surface area contributed by atoms with Gasteiger partial charge < -0.3 is 25.4 Å². The molecule has 3 N–H and O–H groups in total. The first kappa shape index (κ1) is 22.4. The summed E-state index contributed by atoms with van der Waals surface area (Å²) in [4.78, 5) is 16.8. The molecule has 0 aliphatic carbocycles. The molecule has 0 saturated heterocycles. The average Bonchev–Trinajstić information content (AvgIpc) is 3.11. The van der Waals surface area contributed by atoms with Crippen LogP contribution in [0, 0.1) is 22.7 Å². The predicted octanol–water partition coefficient (Wildman–Crippen LogP) is 1.09. The van der Waals surface area contributed by atoms with Crippen LogP contribution in [0.1, 0.15) is 18.1 Å². The summed E-state index contributed by atoms with van der Waals surface area (Å²) in [6.07, 6.45) is 0. The maximum atomic E-state index is 12.7. The number of benzene rings is 1. The molecule has 2 heterocycles. The molecule has 1 atom stereocenters. The van der Waals surface area contributed by atoms with Crippen molar-refractivity contribution in [3.8, 4) is 35.1 Å². The lowest BCUT2D eigenvalue weighted by Gasteiger charge is -2.15. The second kappa shape index (κ2) is 9.24. The van der Waals surface area contributed by atoms with Gasteiger partial charge in [-0.05, 0) is 19.1 Å². The molecule has 0 spiro atoms. The van der Waals surface area contributed by atoms with E-state index in [-0.39, 0.29) is 39.1 Å². The van der Waals surface area contributed by atoms with Gasteiger partial charge in [-0.1, -0.05) is 22.5 Å². The van der Waals surface area contributed by atoms with Crippen molar-refractivity contribution < 1.29 is 23.8 Å². The fraction of sp³-hybridized carbons (Fsp3) is 0.200. The van der Waals surface area contributed by atoms with Crippen LogP contribution in [-0.4, -0.2) is 28.5 Å². The van der Waals surface area contributed by atoms with Gasteiger partial charge >= 0.3 is 0 Å². The lowest BCUT2D eigenvalue weighted by molar-refractivity contribution is -0.730. The number of nitriles is 2. The van der Waals surface area contributed by atoms with E-state index in [1.807, 2.05) is 12.1 Å². The van der Waals surface area contributed by atoms with E-state index in [1.54, 1.807) is 31.2 Å². The minimum atomic E-state index is -0.842. The maximum absolute atomic E-state index is 12.7. The molecule has 1 aromatic carbocycles. The van der Waals surface area contributed by atoms with Crippen LogP contribution in [0.25, 0.3) is 11.3 Å². The Kier molecular flexibility index (Phi) is 6.47. The van der Waals surface area contributed by atoms with E-state index in [1.165, 1.54) is 14.2 Å². The highest BCUT2D eigenvalue weighted by atomic mass is 32.2. The van der Waals surface area contributed by atoms with E-state index >= 15 is 0 Å². The first-order valence-electron chi connectivity index (χ1n) is 9.09. The smallest absolute Gasteiger partial charge is 0.266 e. The van der Waals surface area contributed by atoms with Gasteiger partial charge in [0.15, 0.2) is 13.0 Å². The van der Waals surface area contributed by atoms with E-state index in [2.05, 4.69) is 20.1 Å². The monoisotopic (exact) mass is 451 g/mol. The topological polar surface area (TPSA) is 178 Å². The highest BCUT2D eigenvalue weighted by molar-refractivity contribution is 8.00. The van der Waals surface area contributed by atoms with Gasteiger partial charge in [-0.3, -0.25) is 4.79 Å². The Bertz CT molecular complexity index is 1260. The molecule has 0 bridgehead atoms. The Balaban J connectivity index is 1.99. The van der Waals surface area contributed by atoms with Crippen LogP contribution < -0.4 is 25.6 Å². The Hall–Kier alpha value is -4.29. The highest BCUT2D eigenvalue weighted by Crippen LogP contribution is 2.38. The number of hydrogen-bond acceptors (Lipinski definition) is 10. The number of hydrogen-bond donors (Lipinski definition) is 2. The Labute approximate surface area is 187 Å². The zero-order valence-electron chi connectivity index (χ0n) is 17.2. The van der Waals surface area contributed by atoms with Crippen molar-refractivity contribution in [2.24, 2.45) is 7.05 Å².